The first kappa shape index (κ1) is 12.6. The van der Waals surface area contributed by atoms with Gasteiger partial charge in [-0.1, -0.05) is 18.2 Å². The summed E-state index contributed by atoms with van der Waals surface area (Å²) in [5.74, 6) is 1.82. The molecule has 3 aromatic rings. The zero-order valence-corrected chi connectivity index (χ0v) is 11.4. The van der Waals surface area contributed by atoms with Crippen molar-refractivity contribution in [2.75, 3.05) is 11.9 Å². The Balaban J connectivity index is 1.66. The lowest BCUT2D eigenvalue weighted by Crippen LogP contribution is -1.98. The molecule has 20 heavy (non-hydrogen) atoms. The summed E-state index contributed by atoms with van der Waals surface area (Å²) in [7, 11) is 0. The second-order valence-electron chi connectivity index (χ2n) is 4.56. The molecular weight excluding hydrogens is 250 g/mol. The second kappa shape index (κ2) is 5.70. The van der Waals surface area contributed by atoms with Crippen LogP contribution in [0.25, 0.3) is 11.0 Å². The summed E-state index contributed by atoms with van der Waals surface area (Å²) >= 11 is 0. The third kappa shape index (κ3) is 2.77. The van der Waals surface area contributed by atoms with E-state index in [1.807, 2.05) is 49.4 Å². The maximum absolute atomic E-state index is 5.76. The van der Waals surface area contributed by atoms with E-state index in [1.165, 1.54) is 0 Å². The Kier molecular flexibility index (Phi) is 3.59. The number of rotatable bonds is 5. The number of ether oxygens (including phenoxy) is 1. The van der Waals surface area contributed by atoms with Crippen molar-refractivity contribution in [3.63, 3.8) is 0 Å². The third-order valence-corrected chi connectivity index (χ3v) is 3.11. The van der Waals surface area contributed by atoms with Crippen molar-refractivity contribution in [3.05, 3.63) is 60.4 Å². The number of anilines is 1. The summed E-state index contributed by atoms with van der Waals surface area (Å²) < 4.78 is 11.2. The van der Waals surface area contributed by atoms with Crippen molar-refractivity contribution >= 4 is 16.7 Å². The van der Waals surface area contributed by atoms with Crippen LogP contribution in [0.5, 0.6) is 5.75 Å². The van der Waals surface area contributed by atoms with Crippen molar-refractivity contribution in [1.82, 2.24) is 0 Å². The Labute approximate surface area is 118 Å². The second-order valence-corrected chi connectivity index (χ2v) is 4.56. The Hall–Kier alpha value is -2.42. The molecule has 0 bridgehead atoms. The molecule has 3 heteroatoms. The van der Waals surface area contributed by atoms with Crippen LogP contribution in [-0.2, 0) is 6.54 Å². The Morgan fingerprint density at radius 3 is 2.60 bits per heavy atom. The number of hydrogen-bond acceptors (Lipinski definition) is 3. The maximum atomic E-state index is 5.76. The molecule has 3 rings (SSSR count). The SMILES string of the molecule is CCOc1ccc(NCc2cc3ccccc3o2)cc1. The topological polar surface area (TPSA) is 34.4 Å². The molecule has 0 unspecified atom stereocenters. The molecule has 2 aromatic carbocycles. The quantitative estimate of drug-likeness (QED) is 0.742. The van der Waals surface area contributed by atoms with Crippen LogP contribution in [0.4, 0.5) is 5.69 Å². The third-order valence-electron chi connectivity index (χ3n) is 3.11. The van der Waals surface area contributed by atoms with Gasteiger partial charge in [-0.15, -0.1) is 0 Å². The zero-order chi connectivity index (χ0) is 13.8. The summed E-state index contributed by atoms with van der Waals surface area (Å²) in [4.78, 5) is 0. The predicted octanol–water partition coefficient (Wildman–Crippen LogP) is 4.44. The smallest absolute Gasteiger partial charge is 0.134 e. The summed E-state index contributed by atoms with van der Waals surface area (Å²) in [6.07, 6.45) is 0. The van der Waals surface area contributed by atoms with Gasteiger partial charge in [-0.2, -0.15) is 0 Å². The number of benzene rings is 2. The molecule has 0 spiro atoms. The highest BCUT2D eigenvalue weighted by atomic mass is 16.5. The van der Waals surface area contributed by atoms with Crippen LogP contribution < -0.4 is 10.1 Å². The average Bonchev–Trinajstić information content (AvgIpc) is 2.90. The number of hydrogen-bond donors (Lipinski definition) is 1. The lowest BCUT2D eigenvalue weighted by atomic mass is 10.2. The van der Waals surface area contributed by atoms with Gasteiger partial charge in [0.2, 0.25) is 0 Å². The van der Waals surface area contributed by atoms with E-state index < -0.39 is 0 Å². The van der Waals surface area contributed by atoms with Gasteiger partial charge in [0.05, 0.1) is 13.2 Å². The summed E-state index contributed by atoms with van der Waals surface area (Å²) in [5, 5.41) is 4.48. The van der Waals surface area contributed by atoms with Crippen molar-refractivity contribution in [2.24, 2.45) is 0 Å². The zero-order valence-electron chi connectivity index (χ0n) is 11.4. The molecule has 0 aliphatic heterocycles. The minimum absolute atomic E-state index is 0.669. The first-order chi connectivity index (χ1) is 9.85. The van der Waals surface area contributed by atoms with Crippen molar-refractivity contribution in [3.8, 4) is 5.75 Å². The normalized spacial score (nSPS) is 10.7. The standard InChI is InChI=1S/C17H17NO2/c1-2-19-15-9-7-14(8-10-15)18-12-16-11-13-5-3-4-6-17(13)20-16/h3-11,18H,2,12H2,1H3. The fraction of sp³-hybridized carbons (Fsp3) is 0.176. The van der Waals surface area contributed by atoms with Crippen LogP contribution in [0.15, 0.2) is 59.0 Å². The first-order valence-electron chi connectivity index (χ1n) is 6.79. The fourth-order valence-corrected chi connectivity index (χ4v) is 2.15. The van der Waals surface area contributed by atoms with E-state index in [-0.39, 0.29) is 0 Å². The van der Waals surface area contributed by atoms with Crippen LogP contribution in [0, 0.1) is 0 Å². The van der Waals surface area contributed by atoms with Crippen LogP contribution in [-0.4, -0.2) is 6.61 Å². The molecule has 102 valence electrons. The van der Waals surface area contributed by atoms with E-state index in [9.17, 15) is 0 Å². The van der Waals surface area contributed by atoms with Gasteiger partial charge in [-0.25, -0.2) is 0 Å². The molecule has 0 fully saturated rings. The Morgan fingerprint density at radius 1 is 1.05 bits per heavy atom. The molecule has 1 N–H and O–H groups in total. The van der Waals surface area contributed by atoms with E-state index in [4.69, 9.17) is 9.15 Å². The summed E-state index contributed by atoms with van der Waals surface area (Å²) in [6, 6.07) is 18.0. The van der Waals surface area contributed by atoms with Crippen LogP contribution >= 0.6 is 0 Å². The number of fused-ring (bicyclic) bond motifs is 1. The minimum atomic E-state index is 0.669. The molecule has 0 aliphatic carbocycles. The molecular formula is C17H17NO2. The van der Waals surface area contributed by atoms with Crippen molar-refractivity contribution < 1.29 is 9.15 Å². The highest BCUT2D eigenvalue weighted by Gasteiger charge is 2.02. The van der Waals surface area contributed by atoms with Gasteiger partial charge in [-0.05, 0) is 43.3 Å². The Bertz CT molecular complexity index is 653. The fourth-order valence-electron chi connectivity index (χ4n) is 2.15. The van der Waals surface area contributed by atoms with E-state index >= 15 is 0 Å². The highest BCUT2D eigenvalue weighted by molar-refractivity contribution is 5.77. The Morgan fingerprint density at radius 2 is 1.85 bits per heavy atom. The van der Waals surface area contributed by atoms with Crippen LogP contribution in [0.1, 0.15) is 12.7 Å². The molecule has 1 heterocycles. The minimum Gasteiger partial charge on any atom is -0.494 e. The molecule has 1 aromatic heterocycles. The maximum Gasteiger partial charge on any atom is 0.134 e. The van der Waals surface area contributed by atoms with E-state index in [0.717, 1.165) is 28.2 Å². The largest absolute Gasteiger partial charge is 0.494 e. The molecule has 0 saturated carbocycles. The highest BCUT2D eigenvalue weighted by Crippen LogP contribution is 2.20. The average molecular weight is 267 g/mol. The number of nitrogens with one attached hydrogen (secondary N) is 1. The van der Waals surface area contributed by atoms with Gasteiger partial charge >= 0.3 is 0 Å². The van der Waals surface area contributed by atoms with Gasteiger partial charge in [-0.3, -0.25) is 0 Å². The summed E-state index contributed by atoms with van der Waals surface area (Å²) in [6.45, 7) is 3.34. The van der Waals surface area contributed by atoms with E-state index in [2.05, 4.69) is 17.4 Å². The number of para-hydroxylation sites is 1. The first-order valence-corrected chi connectivity index (χ1v) is 6.79. The van der Waals surface area contributed by atoms with Crippen molar-refractivity contribution in [2.45, 2.75) is 13.5 Å². The van der Waals surface area contributed by atoms with E-state index in [0.29, 0.717) is 13.2 Å². The lowest BCUT2D eigenvalue weighted by molar-refractivity contribution is 0.340. The van der Waals surface area contributed by atoms with E-state index in [1.54, 1.807) is 0 Å². The van der Waals surface area contributed by atoms with Gasteiger partial charge in [0, 0.05) is 11.1 Å². The molecule has 0 atom stereocenters. The van der Waals surface area contributed by atoms with Gasteiger partial charge in [0.1, 0.15) is 17.1 Å². The molecule has 0 radical (unpaired) electrons. The summed E-state index contributed by atoms with van der Waals surface area (Å²) in [5.41, 5.74) is 1.98. The molecule has 0 aliphatic rings. The van der Waals surface area contributed by atoms with Crippen molar-refractivity contribution in [1.29, 1.82) is 0 Å². The predicted molar refractivity (Wildman–Crippen MR) is 81.2 cm³/mol. The molecule has 3 nitrogen and oxygen atoms in total. The monoisotopic (exact) mass is 267 g/mol. The van der Waals surface area contributed by atoms with Crippen LogP contribution in [0.3, 0.4) is 0 Å². The van der Waals surface area contributed by atoms with Gasteiger partial charge in [0.25, 0.3) is 0 Å². The van der Waals surface area contributed by atoms with Crippen LogP contribution in [0.2, 0.25) is 0 Å². The van der Waals surface area contributed by atoms with Gasteiger partial charge in [0.15, 0.2) is 0 Å². The number of furan rings is 1. The lowest BCUT2D eigenvalue weighted by Gasteiger charge is -2.06. The van der Waals surface area contributed by atoms with Gasteiger partial charge < -0.3 is 14.5 Å². The molecule has 0 amide bonds. The molecule has 0 saturated heterocycles.